The van der Waals surface area contributed by atoms with Crippen molar-refractivity contribution >= 4 is 11.8 Å². The molecule has 1 aliphatic rings. The van der Waals surface area contributed by atoms with Gasteiger partial charge in [-0.15, -0.1) is 0 Å². The summed E-state index contributed by atoms with van der Waals surface area (Å²) in [6.45, 7) is 9.15. The maximum absolute atomic E-state index is 12.2. The van der Waals surface area contributed by atoms with Crippen LogP contribution in [0.5, 0.6) is 0 Å². The number of nitrogens with zero attached hydrogens (tertiary/aromatic N) is 2. The summed E-state index contributed by atoms with van der Waals surface area (Å²) in [5.41, 5.74) is 1.53. The lowest BCUT2D eigenvalue weighted by atomic mass is 10.2. The van der Waals surface area contributed by atoms with Crippen molar-refractivity contribution in [2.24, 2.45) is 0 Å². The molecule has 0 radical (unpaired) electrons. The van der Waals surface area contributed by atoms with Gasteiger partial charge in [-0.05, 0) is 52.7 Å². The van der Waals surface area contributed by atoms with Crippen LogP contribution in [0.3, 0.4) is 0 Å². The van der Waals surface area contributed by atoms with E-state index < -0.39 is 5.60 Å². The van der Waals surface area contributed by atoms with Crippen LogP contribution in [0.25, 0.3) is 0 Å². The minimum absolute atomic E-state index is 0.182. The molecule has 5 heteroatoms. The number of likely N-dealkylation sites (tertiary alicyclic amines) is 1. The minimum atomic E-state index is -0.446. The number of anilines is 1. The average molecular weight is 291 g/mol. The van der Waals surface area contributed by atoms with Crippen LogP contribution in [-0.2, 0) is 4.74 Å². The van der Waals surface area contributed by atoms with Crippen molar-refractivity contribution < 1.29 is 9.53 Å². The second-order valence-corrected chi connectivity index (χ2v) is 6.54. The van der Waals surface area contributed by atoms with Crippen LogP contribution in [0.4, 0.5) is 10.5 Å². The summed E-state index contributed by atoms with van der Waals surface area (Å²) in [5, 5.41) is 3.35. The van der Waals surface area contributed by atoms with Crippen molar-refractivity contribution in [1.29, 1.82) is 0 Å². The molecule has 1 amide bonds. The summed E-state index contributed by atoms with van der Waals surface area (Å²) in [5.74, 6) is 0. The summed E-state index contributed by atoms with van der Waals surface area (Å²) in [6, 6.07) is 4.17. The first-order chi connectivity index (χ1) is 9.85. The van der Waals surface area contributed by atoms with E-state index in [1.54, 1.807) is 0 Å². The number of aromatic nitrogens is 1. The van der Waals surface area contributed by atoms with Crippen LogP contribution in [0.1, 0.15) is 39.3 Å². The zero-order chi connectivity index (χ0) is 15.5. The molecule has 1 fully saturated rings. The van der Waals surface area contributed by atoms with E-state index in [0.717, 1.165) is 37.3 Å². The number of pyridine rings is 1. The molecule has 116 valence electrons. The third-order valence-electron chi connectivity index (χ3n) is 3.46. The molecule has 5 nitrogen and oxygen atoms in total. The molecule has 1 aromatic rings. The molecule has 1 aliphatic heterocycles. The minimum Gasteiger partial charge on any atom is -0.444 e. The molecule has 0 bridgehead atoms. The Labute approximate surface area is 126 Å². The third-order valence-corrected chi connectivity index (χ3v) is 3.46. The van der Waals surface area contributed by atoms with Gasteiger partial charge in [-0.1, -0.05) is 0 Å². The zero-order valence-electron chi connectivity index (χ0n) is 13.3. The van der Waals surface area contributed by atoms with E-state index >= 15 is 0 Å². The predicted molar refractivity (Wildman–Crippen MR) is 83.4 cm³/mol. The van der Waals surface area contributed by atoms with Gasteiger partial charge in [0.15, 0.2) is 0 Å². The lowest BCUT2D eigenvalue weighted by Gasteiger charge is -2.28. The quantitative estimate of drug-likeness (QED) is 0.929. The van der Waals surface area contributed by atoms with Crippen LogP contribution in [0, 0.1) is 6.92 Å². The van der Waals surface area contributed by atoms with Crippen molar-refractivity contribution in [3.63, 3.8) is 0 Å². The molecular weight excluding hydrogens is 266 g/mol. The fraction of sp³-hybridized carbons (Fsp3) is 0.625. The topological polar surface area (TPSA) is 54.5 Å². The molecule has 21 heavy (non-hydrogen) atoms. The van der Waals surface area contributed by atoms with E-state index in [4.69, 9.17) is 4.74 Å². The van der Waals surface area contributed by atoms with Crippen LogP contribution < -0.4 is 5.32 Å². The van der Waals surface area contributed by atoms with Crippen LogP contribution in [-0.4, -0.2) is 40.7 Å². The highest BCUT2D eigenvalue weighted by atomic mass is 16.6. The molecule has 1 atom stereocenters. The fourth-order valence-corrected chi connectivity index (χ4v) is 2.42. The molecule has 1 unspecified atom stereocenters. The Morgan fingerprint density at radius 2 is 2.24 bits per heavy atom. The lowest BCUT2D eigenvalue weighted by molar-refractivity contribution is 0.0235. The second kappa shape index (κ2) is 6.33. The van der Waals surface area contributed by atoms with Crippen LogP contribution in [0.15, 0.2) is 18.3 Å². The molecule has 0 aromatic carbocycles. The summed E-state index contributed by atoms with van der Waals surface area (Å²) in [6.07, 6.45) is 3.64. The normalized spacial score (nSPS) is 18.7. The molecule has 2 rings (SSSR count). The van der Waals surface area contributed by atoms with Crippen LogP contribution in [0.2, 0.25) is 0 Å². The number of carbonyl (C=O) groups is 1. The predicted octanol–water partition coefficient (Wildman–Crippen LogP) is 3.20. The van der Waals surface area contributed by atoms with E-state index in [-0.39, 0.29) is 12.1 Å². The van der Waals surface area contributed by atoms with Gasteiger partial charge in [0.05, 0.1) is 17.9 Å². The Kier molecular flexibility index (Phi) is 4.70. The van der Waals surface area contributed by atoms with Gasteiger partial charge in [-0.25, -0.2) is 4.79 Å². The van der Waals surface area contributed by atoms with Gasteiger partial charge < -0.3 is 15.0 Å². The Bertz CT molecular complexity index is 479. The summed E-state index contributed by atoms with van der Waals surface area (Å²) >= 11 is 0. The van der Waals surface area contributed by atoms with Crippen LogP contribution >= 0.6 is 0 Å². The summed E-state index contributed by atoms with van der Waals surface area (Å²) in [7, 11) is 0. The van der Waals surface area contributed by atoms with Crippen molar-refractivity contribution in [3.8, 4) is 0 Å². The summed E-state index contributed by atoms with van der Waals surface area (Å²) < 4.78 is 5.47. The van der Waals surface area contributed by atoms with E-state index in [1.807, 2.05) is 50.9 Å². The number of nitrogens with one attached hydrogen (secondary N) is 1. The number of ether oxygens (including phenoxy) is 1. The third kappa shape index (κ3) is 4.62. The monoisotopic (exact) mass is 291 g/mol. The number of aryl methyl sites for hydroxylation is 1. The van der Waals surface area contributed by atoms with Gasteiger partial charge in [0.1, 0.15) is 5.60 Å². The average Bonchev–Trinajstić information content (AvgIpc) is 2.84. The Morgan fingerprint density at radius 1 is 1.48 bits per heavy atom. The number of rotatable bonds is 3. The fourth-order valence-electron chi connectivity index (χ4n) is 2.42. The zero-order valence-corrected chi connectivity index (χ0v) is 13.3. The van der Waals surface area contributed by atoms with E-state index in [0.29, 0.717) is 0 Å². The molecule has 1 N–H and O–H groups in total. The van der Waals surface area contributed by atoms with Gasteiger partial charge in [0.25, 0.3) is 0 Å². The molecule has 0 aliphatic carbocycles. The van der Waals surface area contributed by atoms with Crippen molar-refractivity contribution in [2.75, 3.05) is 18.4 Å². The van der Waals surface area contributed by atoms with Crippen molar-refractivity contribution in [2.45, 2.75) is 52.2 Å². The molecule has 1 saturated heterocycles. The van der Waals surface area contributed by atoms with Gasteiger partial charge >= 0.3 is 6.09 Å². The van der Waals surface area contributed by atoms with Gasteiger partial charge in [0.2, 0.25) is 0 Å². The molecule has 2 heterocycles. The number of hydrogen-bond donors (Lipinski definition) is 1. The Balaban J connectivity index is 1.90. The number of carbonyl (C=O) groups excluding carboxylic acids is 1. The van der Waals surface area contributed by atoms with E-state index in [1.165, 1.54) is 0 Å². The van der Waals surface area contributed by atoms with E-state index in [9.17, 15) is 4.79 Å². The first-order valence-electron chi connectivity index (χ1n) is 7.51. The van der Waals surface area contributed by atoms with Crippen molar-refractivity contribution in [1.82, 2.24) is 9.88 Å². The maximum atomic E-state index is 12.2. The van der Waals surface area contributed by atoms with Gasteiger partial charge in [-0.3, -0.25) is 4.98 Å². The Morgan fingerprint density at radius 3 is 2.86 bits per heavy atom. The highest BCUT2D eigenvalue weighted by Gasteiger charge is 2.31. The number of hydrogen-bond acceptors (Lipinski definition) is 4. The Hall–Kier alpha value is -1.78. The summed E-state index contributed by atoms with van der Waals surface area (Å²) in [4.78, 5) is 18.3. The molecule has 0 saturated carbocycles. The standard InChI is InChI=1S/C16H25N3O2/c1-12-7-8-13(10-17-12)18-11-14-6-5-9-19(14)15(20)21-16(2,3)4/h7-8,10,14,18H,5-6,9,11H2,1-4H3. The molecule has 0 spiro atoms. The number of amides is 1. The SMILES string of the molecule is Cc1ccc(NCC2CCCN2C(=O)OC(C)(C)C)cn1. The molecular formula is C16H25N3O2. The highest BCUT2D eigenvalue weighted by Crippen LogP contribution is 2.21. The van der Waals surface area contributed by atoms with Gasteiger partial charge in [-0.2, -0.15) is 0 Å². The maximum Gasteiger partial charge on any atom is 0.410 e. The highest BCUT2D eigenvalue weighted by molar-refractivity contribution is 5.69. The first-order valence-corrected chi connectivity index (χ1v) is 7.51. The smallest absolute Gasteiger partial charge is 0.410 e. The lowest BCUT2D eigenvalue weighted by Crippen LogP contribution is -2.42. The second-order valence-electron chi connectivity index (χ2n) is 6.54. The first kappa shape index (κ1) is 15.6. The molecule has 1 aromatic heterocycles. The largest absolute Gasteiger partial charge is 0.444 e. The van der Waals surface area contributed by atoms with Crippen molar-refractivity contribution in [3.05, 3.63) is 24.0 Å². The van der Waals surface area contributed by atoms with E-state index in [2.05, 4.69) is 10.3 Å². The van der Waals surface area contributed by atoms with Gasteiger partial charge in [0, 0.05) is 18.8 Å².